The zero-order valence-electron chi connectivity index (χ0n) is 16.7. The largest absolute Gasteiger partial charge is 0.349 e. The van der Waals surface area contributed by atoms with Gasteiger partial charge >= 0.3 is 0 Å². The molecule has 1 aliphatic rings. The maximum atomic E-state index is 12.8. The lowest BCUT2D eigenvalue weighted by Gasteiger charge is -2.32. The molecule has 28 heavy (non-hydrogen) atoms. The van der Waals surface area contributed by atoms with E-state index in [1.807, 2.05) is 29.2 Å². The summed E-state index contributed by atoms with van der Waals surface area (Å²) in [5.41, 5.74) is 2.48. The number of carbonyl (C=O) groups is 2. The third-order valence-corrected chi connectivity index (χ3v) is 5.56. The molecule has 2 aromatic rings. The quantitative estimate of drug-likeness (QED) is 0.816. The SMILES string of the molecule is CC(C)(C)c1ccc(C(=O)N2CCC(NC(=O)c3ccccc3Cl)CC2)cc1. The highest BCUT2D eigenvalue weighted by Crippen LogP contribution is 2.23. The van der Waals surface area contributed by atoms with E-state index in [1.165, 1.54) is 5.56 Å². The predicted molar refractivity (Wildman–Crippen MR) is 113 cm³/mol. The number of likely N-dealkylation sites (tertiary alicyclic amines) is 1. The molecule has 2 aromatic carbocycles. The maximum absolute atomic E-state index is 12.8. The Balaban J connectivity index is 1.55. The fourth-order valence-electron chi connectivity index (χ4n) is 3.43. The Kier molecular flexibility index (Phi) is 6.09. The highest BCUT2D eigenvalue weighted by molar-refractivity contribution is 6.33. The van der Waals surface area contributed by atoms with E-state index in [1.54, 1.807) is 24.3 Å². The van der Waals surface area contributed by atoms with Crippen LogP contribution in [0.2, 0.25) is 5.02 Å². The predicted octanol–water partition coefficient (Wildman–Crippen LogP) is 4.67. The van der Waals surface area contributed by atoms with Crippen molar-refractivity contribution in [3.63, 3.8) is 0 Å². The summed E-state index contributed by atoms with van der Waals surface area (Å²) in [4.78, 5) is 27.0. The molecule has 0 aliphatic carbocycles. The lowest BCUT2D eigenvalue weighted by Crippen LogP contribution is -2.46. The number of hydrogen-bond donors (Lipinski definition) is 1. The van der Waals surface area contributed by atoms with Gasteiger partial charge in [-0.25, -0.2) is 0 Å². The highest BCUT2D eigenvalue weighted by atomic mass is 35.5. The summed E-state index contributed by atoms with van der Waals surface area (Å²) in [6, 6.07) is 15.0. The van der Waals surface area contributed by atoms with Crippen LogP contribution in [0, 0.1) is 0 Å². The van der Waals surface area contributed by atoms with E-state index in [4.69, 9.17) is 11.6 Å². The van der Waals surface area contributed by atoms with Gasteiger partial charge in [0.2, 0.25) is 0 Å². The first-order valence-corrected chi connectivity index (χ1v) is 10.1. The minimum absolute atomic E-state index is 0.0519. The lowest BCUT2D eigenvalue weighted by atomic mass is 9.86. The summed E-state index contributed by atoms with van der Waals surface area (Å²) in [5, 5.41) is 3.49. The first-order valence-electron chi connectivity index (χ1n) is 9.71. The normalized spacial score (nSPS) is 15.4. The molecule has 3 rings (SSSR count). The Morgan fingerprint density at radius 2 is 1.61 bits per heavy atom. The molecule has 148 valence electrons. The molecular formula is C23H27ClN2O2. The molecule has 1 fully saturated rings. The summed E-state index contributed by atoms with van der Waals surface area (Å²) in [6.45, 7) is 7.74. The van der Waals surface area contributed by atoms with Gasteiger partial charge in [-0.05, 0) is 48.1 Å². The Hall–Kier alpha value is -2.33. The number of halogens is 1. The maximum Gasteiger partial charge on any atom is 0.253 e. The van der Waals surface area contributed by atoms with Gasteiger partial charge in [0.1, 0.15) is 0 Å². The van der Waals surface area contributed by atoms with E-state index in [2.05, 4.69) is 26.1 Å². The summed E-state index contributed by atoms with van der Waals surface area (Å²) in [7, 11) is 0. The average Bonchev–Trinajstić information content (AvgIpc) is 2.68. The number of nitrogens with zero attached hydrogens (tertiary/aromatic N) is 1. The Morgan fingerprint density at radius 3 is 2.18 bits per heavy atom. The Labute approximate surface area is 171 Å². The molecular weight excluding hydrogens is 372 g/mol. The number of benzene rings is 2. The van der Waals surface area contributed by atoms with E-state index in [0.717, 1.165) is 12.8 Å². The van der Waals surface area contributed by atoms with Crippen molar-refractivity contribution in [3.05, 3.63) is 70.2 Å². The van der Waals surface area contributed by atoms with Crippen molar-refractivity contribution in [1.29, 1.82) is 0 Å². The molecule has 1 N–H and O–H groups in total. The second-order valence-electron chi connectivity index (χ2n) is 8.35. The number of piperidine rings is 1. The Bertz CT molecular complexity index is 848. The van der Waals surface area contributed by atoms with Gasteiger partial charge < -0.3 is 10.2 Å². The summed E-state index contributed by atoms with van der Waals surface area (Å²) in [6.07, 6.45) is 1.48. The molecule has 4 nitrogen and oxygen atoms in total. The summed E-state index contributed by atoms with van der Waals surface area (Å²) >= 11 is 6.09. The number of carbonyl (C=O) groups excluding carboxylic acids is 2. The van der Waals surface area contributed by atoms with E-state index in [0.29, 0.717) is 29.2 Å². The van der Waals surface area contributed by atoms with Gasteiger partial charge in [-0.2, -0.15) is 0 Å². The smallest absolute Gasteiger partial charge is 0.253 e. The Morgan fingerprint density at radius 1 is 1.00 bits per heavy atom. The van der Waals surface area contributed by atoms with Crippen LogP contribution in [0.1, 0.15) is 59.9 Å². The fourth-order valence-corrected chi connectivity index (χ4v) is 3.65. The molecule has 1 heterocycles. The van der Waals surface area contributed by atoms with E-state index >= 15 is 0 Å². The first kappa shape index (κ1) is 20.4. The standard InChI is InChI=1S/C23H27ClN2O2/c1-23(2,3)17-10-8-16(9-11-17)22(28)26-14-12-18(13-15-26)25-21(27)19-6-4-5-7-20(19)24/h4-11,18H,12-15H2,1-3H3,(H,25,27). The van der Waals surface area contributed by atoms with Gasteiger partial charge in [0, 0.05) is 24.7 Å². The van der Waals surface area contributed by atoms with Crippen molar-refractivity contribution in [2.75, 3.05) is 13.1 Å². The van der Waals surface area contributed by atoms with E-state index in [-0.39, 0.29) is 23.3 Å². The van der Waals surface area contributed by atoms with E-state index in [9.17, 15) is 9.59 Å². The molecule has 0 spiro atoms. The van der Waals surface area contributed by atoms with Gasteiger partial charge in [0.05, 0.1) is 10.6 Å². The molecule has 0 atom stereocenters. The molecule has 1 saturated heterocycles. The number of rotatable bonds is 3. The van der Waals surface area contributed by atoms with Crippen LogP contribution >= 0.6 is 11.6 Å². The molecule has 0 unspecified atom stereocenters. The van der Waals surface area contributed by atoms with Crippen molar-refractivity contribution in [2.24, 2.45) is 0 Å². The van der Waals surface area contributed by atoms with Gasteiger partial charge in [0.15, 0.2) is 0 Å². The van der Waals surface area contributed by atoms with Gasteiger partial charge in [-0.3, -0.25) is 9.59 Å². The zero-order chi connectivity index (χ0) is 20.3. The topological polar surface area (TPSA) is 49.4 Å². The molecule has 0 saturated carbocycles. The van der Waals surface area contributed by atoms with Crippen molar-refractivity contribution in [3.8, 4) is 0 Å². The van der Waals surface area contributed by atoms with Crippen LogP contribution < -0.4 is 5.32 Å². The van der Waals surface area contributed by atoms with Crippen molar-refractivity contribution < 1.29 is 9.59 Å². The molecule has 2 amide bonds. The zero-order valence-corrected chi connectivity index (χ0v) is 17.4. The second-order valence-corrected chi connectivity index (χ2v) is 8.75. The molecule has 5 heteroatoms. The lowest BCUT2D eigenvalue weighted by molar-refractivity contribution is 0.0698. The van der Waals surface area contributed by atoms with Crippen LogP contribution in [0.5, 0.6) is 0 Å². The number of nitrogens with one attached hydrogen (secondary N) is 1. The highest BCUT2D eigenvalue weighted by Gasteiger charge is 2.25. The van der Waals surface area contributed by atoms with Crippen LogP contribution in [0.3, 0.4) is 0 Å². The summed E-state index contributed by atoms with van der Waals surface area (Å²) in [5.74, 6) is -0.107. The molecule has 0 radical (unpaired) electrons. The molecule has 1 aliphatic heterocycles. The van der Waals surface area contributed by atoms with Crippen LogP contribution in [-0.4, -0.2) is 35.8 Å². The van der Waals surface area contributed by atoms with Gasteiger partial charge in [-0.1, -0.05) is 56.6 Å². The minimum Gasteiger partial charge on any atom is -0.349 e. The second kappa shape index (κ2) is 8.36. The fraction of sp³-hybridized carbons (Fsp3) is 0.391. The molecule has 0 aromatic heterocycles. The monoisotopic (exact) mass is 398 g/mol. The van der Waals surface area contributed by atoms with Crippen molar-refractivity contribution in [1.82, 2.24) is 10.2 Å². The molecule has 0 bridgehead atoms. The van der Waals surface area contributed by atoms with E-state index < -0.39 is 0 Å². The third kappa shape index (κ3) is 4.74. The minimum atomic E-state index is -0.159. The van der Waals surface area contributed by atoms with Gasteiger partial charge in [0.25, 0.3) is 11.8 Å². The summed E-state index contributed by atoms with van der Waals surface area (Å²) < 4.78 is 0. The average molecular weight is 399 g/mol. The van der Waals surface area contributed by atoms with Crippen LogP contribution in [0.25, 0.3) is 0 Å². The number of hydrogen-bond acceptors (Lipinski definition) is 2. The van der Waals surface area contributed by atoms with Crippen LogP contribution in [0.4, 0.5) is 0 Å². The first-order chi connectivity index (χ1) is 13.3. The van der Waals surface area contributed by atoms with Crippen LogP contribution in [0.15, 0.2) is 48.5 Å². The van der Waals surface area contributed by atoms with Crippen LogP contribution in [-0.2, 0) is 5.41 Å². The third-order valence-electron chi connectivity index (χ3n) is 5.23. The van der Waals surface area contributed by atoms with Gasteiger partial charge in [-0.15, -0.1) is 0 Å². The number of amides is 2. The van der Waals surface area contributed by atoms with Crippen molar-refractivity contribution >= 4 is 23.4 Å². The van der Waals surface area contributed by atoms with Crippen molar-refractivity contribution in [2.45, 2.75) is 45.1 Å².